The zero-order chi connectivity index (χ0) is 22.0. The predicted molar refractivity (Wildman–Crippen MR) is 123 cm³/mol. The van der Waals surface area contributed by atoms with Crippen LogP contribution in [0.5, 0.6) is 0 Å². The van der Waals surface area contributed by atoms with Crippen molar-refractivity contribution in [2.24, 2.45) is 0 Å². The number of amides is 1. The SMILES string of the molecule is CC[C@@H](C(=O)Nc1nc2c(s1)CN(S(=O)(=O)c1ccc(C)cc1)CC2)c1ccccc1. The third kappa shape index (κ3) is 4.56. The average Bonchev–Trinajstić information content (AvgIpc) is 3.16. The Morgan fingerprint density at radius 2 is 1.87 bits per heavy atom. The molecule has 2 heterocycles. The minimum Gasteiger partial charge on any atom is -0.301 e. The Bertz CT molecular complexity index is 1170. The Balaban J connectivity index is 1.49. The molecule has 162 valence electrons. The molecule has 0 fully saturated rings. The lowest BCUT2D eigenvalue weighted by Crippen LogP contribution is -2.35. The first-order valence-corrected chi connectivity index (χ1v) is 12.6. The molecule has 1 N–H and O–H groups in total. The monoisotopic (exact) mass is 455 g/mol. The van der Waals surface area contributed by atoms with Gasteiger partial charge in [-0.25, -0.2) is 13.4 Å². The van der Waals surface area contributed by atoms with Gasteiger partial charge in [0, 0.05) is 17.8 Å². The summed E-state index contributed by atoms with van der Waals surface area (Å²) in [5.41, 5.74) is 2.85. The minimum atomic E-state index is -3.56. The van der Waals surface area contributed by atoms with Crippen molar-refractivity contribution in [1.82, 2.24) is 9.29 Å². The summed E-state index contributed by atoms with van der Waals surface area (Å²) in [5.74, 6) is -0.343. The standard InChI is InChI=1S/C23H25N3O3S2/c1-3-19(17-7-5-4-6-8-17)22(27)25-23-24-20-13-14-26(15-21(20)30-23)31(28,29)18-11-9-16(2)10-12-18/h4-12,19H,3,13-15H2,1-2H3,(H,24,25,27)/t19-/m1/s1. The van der Waals surface area contributed by atoms with Crippen molar-refractivity contribution >= 4 is 32.4 Å². The number of rotatable bonds is 6. The summed E-state index contributed by atoms with van der Waals surface area (Å²) >= 11 is 1.36. The fraction of sp³-hybridized carbons (Fsp3) is 0.304. The van der Waals surface area contributed by atoms with Crippen molar-refractivity contribution in [3.63, 3.8) is 0 Å². The van der Waals surface area contributed by atoms with Crippen LogP contribution in [-0.2, 0) is 27.8 Å². The highest BCUT2D eigenvalue weighted by Crippen LogP contribution is 2.32. The van der Waals surface area contributed by atoms with E-state index in [1.54, 1.807) is 24.3 Å². The second-order valence-electron chi connectivity index (χ2n) is 7.65. The van der Waals surface area contributed by atoms with Gasteiger partial charge in [0.15, 0.2) is 5.13 Å². The number of aromatic nitrogens is 1. The predicted octanol–water partition coefficient (Wildman–Crippen LogP) is 4.33. The smallest absolute Gasteiger partial charge is 0.243 e. The van der Waals surface area contributed by atoms with Crippen LogP contribution in [0.3, 0.4) is 0 Å². The number of thiazole rings is 1. The summed E-state index contributed by atoms with van der Waals surface area (Å²) in [7, 11) is -3.56. The van der Waals surface area contributed by atoms with E-state index in [4.69, 9.17) is 0 Å². The summed E-state index contributed by atoms with van der Waals surface area (Å²) in [6, 6.07) is 16.6. The number of carbonyl (C=O) groups is 1. The molecule has 1 aliphatic rings. The van der Waals surface area contributed by atoms with Crippen LogP contribution in [0.2, 0.25) is 0 Å². The first kappa shape index (κ1) is 21.7. The molecular formula is C23H25N3O3S2. The maximum Gasteiger partial charge on any atom is 0.243 e. The molecular weight excluding hydrogens is 430 g/mol. The Morgan fingerprint density at radius 3 is 2.55 bits per heavy atom. The van der Waals surface area contributed by atoms with Gasteiger partial charge in [0.2, 0.25) is 15.9 Å². The van der Waals surface area contributed by atoms with Gasteiger partial charge in [-0.2, -0.15) is 4.31 Å². The number of hydrogen-bond donors (Lipinski definition) is 1. The van der Waals surface area contributed by atoms with Crippen molar-refractivity contribution in [2.45, 2.75) is 44.0 Å². The second kappa shape index (κ2) is 8.90. The van der Waals surface area contributed by atoms with E-state index in [2.05, 4.69) is 10.3 Å². The highest BCUT2D eigenvalue weighted by molar-refractivity contribution is 7.89. The second-order valence-corrected chi connectivity index (χ2v) is 10.7. The largest absolute Gasteiger partial charge is 0.301 e. The molecule has 4 rings (SSSR count). The van der Waals surface area contributed by atoms with E-state index in [9.17, 15) is 13.2 Å². The lowest BCUT2D eigenvalue weighted by atomic mass is 9.96. The first-order valence-electron chi connectivity index (χ1n) is 10.3. The molecule has 1 aliphatic heterocycles. The molecule has 8 heteroatoms. The van der Waals surface area contributed by atoms with Crippen LogP contribution < -0.4 is 5.32 Å². The Kier molecular flexibility index (Phi) is 6.22. The van der Waals surface area contributed by atoms with Crippen LogP contribution in [0.4, 0.5) is 5.13 Å². The molecule has 0 saturated heterocycles. The van der Waals surface area contributed by atoms with Crippen LogP contribution in [0.15, 0.2) is 59.5 Å². The van der Waals surface area contributed by atoms with E-state index < -0.39 is 10.0 Å². The Morgan fingerprint density at radius 1 is 1.16 bits per heavy atom. The fourth-order valence-corrected chi connectivity index (χ4v) is 6.26. The van der Waals surface area contributed by atoms with Gasteiger partial charge in [0.25, 0.3) is 0 Å². The van der Waals surface area contributed by atoms with E-state index in [0.29, 0.717) is 29.4 Å². The van der Waals surface area contributed by atoms with Crippen LogP contribution in [0.1, 0.15) is 41.0 Å². The fourth-order valence-electron chi connectivity index (χ4n) is 3.74. The molecule has 0 spiro atoms. The molecule has 6 nitrogen and oxygen atoms in total. The maximum absolute atomic E-state index is 13.0. The molecule has 2 aromatic carbocycles. The Hall–Kier alpha value is -2.55. The van der Waals surface area contributed by atoms with Crippen LogP contribution >= 0.6 is 11.3 Å². The third-order valence-corrected chi connectivity index (χ3v) is 8.37. The van der Waals surface area contributed by atoms with Crippen LogP contribution in [-0.4, -0.2) is 30.2 Å². The number of anilines is 1. The van der Waals surface area contributed by atoms with Gasteiger partial charge < -0.3 is 5.32 Å². The summed E-state index contributed by atoms with van der Waals surface area (Å²) in [4.78, 5) is 18.6. The maximum atomic E-state index is 13.0. The Labute approximate surface area is 187 Å². The highest BCUT2D eigenvalue weighted by atomic mass is 32.2. The third-order valence-electron chi connectivity index (χ3n) is 5.51. The van der Waals surface area contributed by atoms with Crippen molar-refractivity contribution in [1.29, 1.82) is 0 Å². The number of nitrogens with one attached hydrogen (secondary N) is 1. The molecule has 1 atom stereocenters. The number of carbonyl (C=O) groups excluding carboxylic acids is 1. The molecule has 0 saturated carbocycles. The number of benzene rings is 2. The molecule has 0 unspecified atom stereocenters. The minimum absolute atomic E-state index is 0.0936. The zero-order valence-electron chi connectivity index (χ0n) is 17.5. The first-order chi connectivity index (χ1) is 14.9. The molecule has 0 radical (unpaired) electrons. The number of sulfonamides is 1. The number of hydrogen-bond acceptors (Lipinski definition) is 5. The van der Waals surface area contributed by atoms with Crippen LogP contribution in [0.25, 0.3) is 0 Å². The summed E-state index contributed by atoms with van der Waals surface area (Å²) < 4.78 is 27.5. The van der Waals surface area contributed by atoms with Gasteiger partial charge in [-0.15, -0.1) is 11.3 Å². The normalized spacial score (nSPS) is 15.3. The van der Waals surface area contributed by atoms with Gasteiger partial charge >= 0.3 is 0 Å². The van der Waals surface area contributed by atoms with Gasteiger partial charge in [0.05, 0.1) is 23.1 Å². The van der Waals surface area contributed by atoms with Gasteiger partial charge in [-0.3, -0.25) is 4.79 Å². The summed E-state index contributed by atoms with van der Waals surface area (Å²) in [6.07, 6.45) is 1.21. The van der Waals surface area contributed by atoms with Crippen molar-refractivity contribution in [3.8, 4) is 0 Å². The molecule has 3 aromatic rings. The van der Waals surface area contributed by atoms with E-state index in [0.717, 1.165) is 21.7 Å². The number of fused-ring (bicyclic) bond motifs is 1. The van der Waals surface area contributed by atoms with Crippen molar-refractivity contribution in [3.05, 3.63) is 76.3 Å². The van der Waals surface area contributed by atoms with E-state index in [-0.39, 0.29) is 18.4 Å². The van der Waals surface area contributed by atoms with Crippen molar-refractivity contribution < 1.29 is 13.2 Å². The zero-order valence-corrected chi connectivity index (χ0v) is 19.2. The molecule has 0 bridgehead atoms. The van der Waals surface area contributed by atoms with E-state index >= 15 is 0 Å². The number of nitrogens with zero attached hydrogens (tertiary/aromatic N) is 2. The quantitative estimate of drug-likeness (QED) is 0.600. The average molecular weight is 456 g/mol. The van der Waals surface area contributed by atoms with Gasteiger partial charge in [0.1, 0.15) is 0 Å². The molecule has 0 aliphatic carbocycles. The topological polar surface area (TPSA) is 79.4 Å². The lowest BCUT2D eigenvalue weighted by Gasteiger charge is -2.25. The highest BCUT2D eigenvalue weighted by Gasteiger charge is 2.31. The van der Waals surface area contributed by atoms with Gasteiger partial charge in [-0.05, 0) is 31.0 Å². The summed E-state index contributed by atoms with van der Waals surface area (Å²) in [6.45, 7) is 4.56. The number of aryl methyl sites for hydroxylation is 1. The lowest BCUT2D eigenvalue weighted by molar-refractivity contribution is -0.117. The van der Waals surface area contributed by atoms with Crippen LogP contribution in [0, 0.1) is 6.92 Å². The van der Waals surface area contributed by atoms with Gasteiger partial charge in [-0.1, -0.05) is 55.0 Å². The molecule has 1 amide bonds. The molecule has 1 aromatic heterocycles. The van der Waals surface area contributed by atoms with E-state index in [1.807, 2.05) is 44.2 Å². The molecule has 31 heavy (non-hydrogen) atoms. The van der Waals surface area contributed by atoms with E-state index in [1.165, 1.54) is 15.6 Å². The van der Waals surface area contributed by atoms with Crippen molar-refractivity contribution in [2.75, 3.05) is 11.9 Å². The summed E-state index contributed by atoms with van der Waals surface area (Å²) in [5, 5.41) is 3.47.